The highest BCUT2D eigenvalue weighted by atomic mass is 16.5. The van der Waals surface area contributed by atoms with E-state index in [9.17, 15) is 4.79 Å². The summed E-state index contributed by atoms with van der Waals surface area (Å²) in [6.07, 6.45) is 0.119. The number of hydrogen-bond acceptors (Lipinski definition) is 5. The zero-order valence-corrected chi connectivity index (χ0v) is 13.4. The fraction of sp³-hybridized carbons (Fsp3) is 0.333. The first-order valence-electron chi connectivity index (χ1n) is 8.07. The predicted molar refractivity (Wildman–Crippen MR) is 90.3 cm³/mol. The van der Waals surface area contributed by atoms with E-state index in [1.807, 2.05) is 30.3 Å². The average Bonchev–Trinajstić information content (AvgIpc) is 2.61. The molecule has 1 N–H and O–H groups in total. The van der Waals surface area contributed by atoms with Gasteiger partial charge in [0, 0.05) is 6.54 Å². The molecule has 2 atom stereocenters. The molecular weight excluding hydrogens is 306 g/mol. The van der Waals surface area contributed by atoms with E-state index in [1.54, 1.807) is 0 Å². The van der Waals surface area contributed by atoms with Gasteiger partial charge in [-0.2, -0.15) is 0 Å². The summed E-state index contributed by atoms with van der Waals surface area (Å²) in [6.45, 7) is 3.43. The summed E-state index contributed by atoms with van der Waals surface area (Å²) in [6, 6.07) is 14.1. The van der Waals surface area contributed by atoms with E-state index >= 15 is 0 Å². The molecule has 2 aromatic rings. The second kappa shape index (κ2) is 6.13. The zero-order chi connectivity index (χ0) is 16.5. The SMILES string of the molecule is C[C@H]1CN(c2ccc3c(n2)NC(=O)CO3)[C@@H](c2ccccc2)CO1. The fourth-order valence-corrected chi connectivity index (χ4v) is 3.12. The van der Waals surface area contributed by atoms with Crippen molar-refractivity contribution in [3.05, 3.63) is 48.0 Å². The summed E-state index contributed by atoms with van der Waals surface area (Å²) >= 11 is 0. The largest absolute Gasteiger partial charge is 0.480 e. The van der Waals surface area contributed by atoms with Crippen LogP contribution in [0, 0.1) is 0 Å². The van der Waals surface area contributed by atoms with Gasteiger partial charge in [0.2, 0.25) is 0 Å². The molecule has 0 aliphatic carbocycles. The molecule has 1 fully saturated rings. The maximum atomic E-state index is 11.5. The van der Waals surface area contributed by atoms with Crippen LogP contribution >= 0.6 is 0 Å². The highest BCUT2D eigenvalue weighted by molar-refractivity contribution is 5.94. The number of carbonyl (C=O) groups is 1. The van der Waals surface area contributed by atoms with Crippen LogP contribution in [-0.2, 0) is 9.53 Å². The topological polar surface area (TPSA) is 63.7 Å². The lowest BCUT2D eigenvalue weighted by atomic mass is 10.0. The normalized spacial score (nSPS) is 23.2. The first-order chi connectivity index (χ1) is 11.7. The van der Waals surface area contributed by atoms with Crippen LogP contribution in [0.5, 0.6) is 5.75 Å². The van der Waals surface area contributed by atoms with Crippen LogP contribution in [0.25, 0.3) is 0 Å². The van der Waals surface area contributed by atoms with Crippen molar-refractivity contribution in [3.63, 3.8) is 0 Å². The number of nitrogens with one attached hydrogen (secondary N) is 1. The van der Waals surface area contributed by atoms with E-state index in [-0.39, 0.29) is 24.7 Å². The lowest BCUT2D eigenvalue weighted by Gasteiger charge is -2.40. The molecule has 6 heteroatoms. The van der Waals surface area contributed by atoms with Crippen molar-refractivity contribution < 1.29 is 14.3 Å². The van der Waals surface area contributed by atoms with Crippen LogP contribution in [0.3, 0.4) is 0 Å². The second-order valence-electron chi connectivity index (χ2n) is 6.08. The van der Waals surface area contributed by atoms with Gasteiger partial charge in [-0.1, -0.05) is 30.3 Å². The number of anilines is 2. The van der Waals surface area contributed by atoms with Crippen molar-refractivity contribution >= 4 is 17.5 Å². The van der Waals surface area contributed by atoms with E-state index < -0.39 is 0 Å². The molecule has 24 heavy (non-hydrogen) atoms. The Hall–Kier alpha value is -2.60. The molecule has 2 aliphatic heterocycles. The smallest absolute Gasteiger partial charge is 0.263 e. The van der Waals surface area contributed by atoms with Crippen LogP contribution in [-0.4, -0.2) is 36.8 Å². The first kappa shape index (κ1) is 15.0. The van der Waals surface area contributed by atoms with Gasteiger partial charge in [-0.3, -0.25) is 4.79 Å². The van der Waals surface area contributed by atoms with Crippen molar-refractivity contribution in [2.75, 3.05) is 30.0 Å². The Bertz CT molecular complexity index is 750. The van der Waals surface area contributed by atoms with Gasteiger partial charge in [0.15, 0.2) is 18.2 Å². The van der Waals surface area contributed by atoms with E-state index in [2.05, 4.69) is 34.3 Å². The predicted octanol–water partition coefficient (Wildman–Crippen LogP) is 2.38. The first-order valence-corrected chi connectivity index (χ1v) is 8.07. The number of ether oxygens (including phenoxy) is 2. The maximum absolute atomic E-state index is 11.5. The van der Waals surface area contributed by atoms with Gasteiger partial charge in [0.25, 0.3) is 5.91 Å². The van der Waals surface area contributed by atoms with Gasteiger partial charge in [-0.15, -0.1) is 0 Å². The van der Waals surface area contributed by atoms with Crippen LogP contribution < -0.4 is 15.0 Å². The number of carbonyl (C=O) groups excluding carboxylic acids is 1. The molecule has 1 saturated heterocycles. The quantitative estimate of drug-likeness (QED) is 0.918. The van der Waals surface area contributed by atoms with Gasteiger partial charge in [0.05, 0.1) is 18.8 Å². The Morgan fingerprint density at radius 2 is 2.04 bits per heavy atom. The number of rotatable bonds is 2. The third kappa shape index (κ3) is 2.80. The average molecular weight is 325 g/mol. The Morgan fingerprint density at radius 1 is 1.21 bits per heavy atom. The van der Waals surface area contributed by atoms with E-state index in [0.29, 0.717) is 18.2 Å². The van der Waals surface area contributed by atoms with Crippen molar-refractivity contribution in [1.29, 1.82) is 0 Å². The molecule has 0 radical (unpaired) electrons. The molecule has 0 bridgehead atoms. The third-order valence-corrected chi connectivity index (χ3v) is 4.31. The monoisotopic (exact) mass is 325 g/mol. The molecule has 4 rings (SSSR count). The standard InChI is InChI=1S/C18H19N3O3/c1-12-9-21(14(10-23-12)13-5-3-2-4-6-13)16-8-7-15-18(19-16)20-17(22)11-24-15/h2-8,12,14H,9-11H2,1H3,(H,19,20,22)/t12-,14+/m0/s1. The number of fused-ring (bicyclic) bond motifs is 1. The number of pyridine rings is 1. The fourth-order valence-electron chi connectivity index (χ4n) is 3.12. The summed E-state index contributed by atoms with van der Waals surface area (Å²) in [7, 11) is 0. The lowest BCUT2D eigenvalue weighted by Crippen LogP contribution is -2.44. The Balaban J connectivity index is 1.69. The molecular formula is C18H19N3O3. The number of nitrogens with zero attached hydrogens (tertiary/aromatic N) is 2. The number of morpholine rings is 1. The summed E-state index contributed by atoms with van der Waals surface area (Å²) in [5.41, 5.74) is 1.18. The van der Waals surface area contributed by atoms with E-state index in [4.69, 9.17) is 9.47 Å². The Labute approximate surface area is 140 Å². The molecule has 1 aromatic heterocycles. The molecule has 0 spiro atoms. The summed E-state index contributed by atoms with van der Waals surface area (Å²) in [5.74, 6) is 1.72. The molecule has 1 amide bonds. The van der Waals surface area contributed by atoms with Gasteiger partial charge in [-0.05, 0) is 24.6 Å². The van der Waals surface area contributed by atoms with Crippen molar-refractivity contribution in [2.24, 2.45) is 0 Å². The summed E-state index contributed by atoms with van der Waals surface area (Å²) in [4.78, 5) is 18.4. The molecule has 2 aliphatic rings. The minimum absolute atomic E-state index is 0.0370. The highest BCUT2D eigenvalue weighted by Gasteiger charge is 2.30. The van der Waals surface area contributed by atoms with Crippen LogP contribution in [0.15, 0.2) is 42.5 Å². The number of benzene rings is 1. The van der Waals surface area contributed by atoms with Gasteiger partial charge in [0.1, 0.15) is 5.82 Å². The lowest BCUT2D eigenvalue weighted by molar-refractivity contribution is -0.118. The third-order valence-electron chi connectivity index (χ3n) is 4.31. The number of amides is 1. The molecule has 6 nitrogen and oxygen atoms in total. The van der Waals surface area contributed by atoms with Crippen molar-refractivity contribution in [3.8, 4) is 5.75 Å². The van der Waals surface area contributed by atoms with Crippen LogP contribution in [0.1, 0.15) is 18.5 Å². The van der Waals surface area contributed by atoms with Crippen molar-refractivity contribution in [1.82, 2.24) is 4.98 Å². The van der Waals surface area contributed by atoms with Crippen LogP contribution in [0.2, 0.25) is 0 Å². The van der Waals surface area contributed by atoms with Gasteiger partial charge in [-0.25, -0.2) is 4.98 Å². The van der Waals surface area contributed by atoms with E-state index in [1.165, 1.54) is 5.56 Å². The zero-order valence-electron chi connectivity index (χ0n) is 13.4. The maximum Gasteiger partial charge on any atom is 0.263 e. The molecule has 3 heterocycles. The highest BCUT2D eigenvalue weighted by Crippen LogP contribution is 2.34. The Kier molecular flexibility index (Phi) is 3.82. The second-order valence-corrected chi connectivity index (χ2v) is 6.08. The minimum atomic E-state index is -0.179. The molecule has 0 unspecified atom stereocenters. The summed E-state index contributed by atoms with van der Waals surface area (Å²) < 4.78 is 11.3. The van der Waals surface area contributed by atoms with Gasteiger partial charge >= 0.3 is 0 Å². The minimum Gasteiger partial charge on any atom is -0.480 e. The number of aromatic nitrogens is 1. The number of hydrogen-bond donors (Lipinski definition) is 1. The molecule has 1 aromatic carbocycles. The summed E-state index contributed by atoms with van der Waals surface area (Å²) in [5, 5.41) is 2.77. The molecule has 0 saturated carbocycles. The Morgan fingerprint density at radius 3 is 2.88 bits per heavy atom. The van der Waals surface area contributed by atoms with Crippen LogP contribution in [0.4, 0.5) is 11.6 Å². The van der Waals surface area contributed by atoms with Crippen molar-refractivity contribution in [2.45, 2.75) is 19.1 Å². The van der Waals surface area contributed by atoms with Gasteiger partial charge < -0.3 is 19.7 Å². The molecule has 124 valence electrons. The van der Waals surface area contributed by atoms with E-state index in [0.717, 1.165) is 12.4 Å².